The molecule has 1 heterocycles. The molecule has 3 aromatic rings. The number of rotatable bonds is 7. The third-order valence-electron chi connectivity index (χ3n) is 3.69. The number of methoxy groups -OCH3 is 2. The quantitative estimate of drug-likeness (QED) is 0.630. The molecule has 1 aromatic heterocycles. The number of hydrogen-bond acceptors (Lipinski definition) is 8. The van der Waals surface area contributed by atoms with Crippen molar-refractivity contribution in [1.82, 2.24) is 10.2 Å². The van der Waals surface area contributed by atoms with Crippen LogP contribution >= 0.6 is 0 Å². The summed E-state index contributed by atoms with van der Waals surface area (Å²) in [6, 6.07) is 12.3. The van der Waals surface area contributed by atoms with Gasteiger partial charge in [0.15, 0.2) is 0 Å². The summed E-state index contributed by atoms with van der Waals surface area (Å²) in [5.74, 6) is 1.05. The topological polar surface area (TPSA) is 95.7 Å². The third kappa shape index (κ3) is 4.17. The number of aromatic nitrogens is 2. The van der Waals surface area contributed by atoms with Gasteiger partial charge in [-0.1, -0.05) is 17.2 Å². The van der Waals surface area contributed by atoms with Crippen molar-refractivity contribution in [3.8, 4) is 23.0 Å². The molecular weight excluding hydrogens is 350 g/mol. The van der Waals surface area contributed by atoms with E-state index >= 15 is 0 Å². The maximum Gasteiger partial charge on any atom is 0.340 e. The molecule has 0 bridgehead atoms. The van der Waals surface area contributed by atoms with Crippen LogP contribution in [0.1, 0.15) is 17.3 Å². The van der Waals surface area contributed by atoms with Crippen LogP contribution in [0.3, 0.4) is 0 Å². The summed E-state index contributed by atoms with van der Waals surface area (Å²) in [5, 5.41) is 11.0. The number of benzene rings is 2. The minimum atomic E-state index is -0.433. The van der Waals surface area contributed by atoms with E-state index in [9.17, 15) is 4.79 Å². The minimum absolute atomic E-state index is 0.142. The predicted octanol–water partition coefficient (Wildman–Crippen LogP) is 3.67. The first-order valence-corrected chi connectivity index (χ1v) is 8.24. The van der Waals surface area contributed by atoms with Crippen molar-refractivity contribution in [2.75, 3.05) is 26.1 Å². The molecule has 0 atom stereocenters. The van der Waals surface area contributed by atoms with E-state index in [2.05, 4.69) is 15.5 Å². The Morgan fingerprint density at radius 3 is 2.44 bits per heavy atom. The molecule has 0 fully saturated rings. The predicted molar refractivity (Wildman–Crippen MR) is 98.5 cm³/mol. The van der Waals surface area contributed by atoms with Gasteiger partial charge in [0.25, 0.3) is 0 Å². The Labute approximate surface area is 156 Å². The Hall–Kier alpha value is -3.55. The fourth-order valence-corrected chi connectivity index (χ4v) is 2.42. The van der Waals surface area contributed by atoms with Crippen LogP contribution in [0.5, 0.6) is 11.5 Å². The fourth-order valence-electron chi connectivity index (χ4n) is 2.42. The fraction of sp³-hybridized carbons (Fsp3) is 0.211. The van der Waals surface area contributed by atoms with Gasteiger partial charge in [-0.3, -0.25) is 0 Å². The highest BCUT2D eigenvalue weighted by atomic mass is 16.5. The number of anilines is 2. The number of nitrogens with zero attached hydrogens (tertiary/aromatic N) is 2. The Morgan fingerprint density at radius 2 is 1.78 bits per heavy atom. The Morgan fingerprint density at radius 1 is 1.07 bits per heavy atom. The Kier molecular flexibility index (Phi) is 5.55. The molecule has 1 N–H and O–H groups in total. The summed E-state index contributed by atoms with van der Waals surface area (Å²) in [7, 11) is 3.12. The Bertz CT molecular complexity index is 916. The summed E-state index contributed by atoms with van der Waals surface area (Å²) in [6.45, 7) is 2.04. The molecule has 0 amide bonds. The Balaban J connectivity index is 1.87. The summed E-state index contributed by atoms with van der Waals surface area (Å²) in [6.07, 6.45) is 0. The molecule has 0 saturated heterocycles. The zero-order chi connectivity index (χ0) is 19.2. The number of esters is 1. The van der Waals surface area contributed by atoms with Gasteiger partial charge in [0.2, 0.25) is 5.89 Å². The number of ether oxygens (including phenoxy) is 3. The normalized spacial score (nSPS) is 10.3. The summed E-state index contributed by atoms with van der Waals surface area (Å²) in [5.41, 5.74) is 1.53. The summed E-state index contributed by atoms with van der Waals surface area (Å²) < 4.78 is 21.2. The molecule has 0 radical (unpaired) electrons. The summed E-state index contributed by atoms with van der Waals surface area (Å²) in [4.78, 5) is 12.1. The highest BCUT2D eigenvalue weighted by molar-refractivity contribution is 5.96. The highest BCUT2D eigenvalue weighted by Crippen LogP contribution is 2.30. The van der Waals surface area contributed by atoms with Gasteiger partial charge in [0.1, 0.15) is 11.5 Å². The van der Waals surface area contributed by atoms with Crippen LogP contribution in [0.4, 0.5) is 11.7 Å². The van der Waals surface area contributed by atoms with Crippen molar-refractivity contribution in [3.63, 3.8) is 0 Å². The largest absolute Gasteiger partial charge is 0.497 e. The lowest BCUT2D eigenvalue weighted by molar-refractivity contribution is 0.0527. The standard InChI is InChI=1S/C19H19N3O5/c1-4-26-18(23)15-7-5-6-8-16(15)20-19-22-21-17(27-19)12-9-13(24-2)11-14(10-12)25-3/h5-11H,4H2,1-3H3,(H,20,22). The van der Waals surface area contributed by atoms with Gasteiger partial charge in [-0.25, -0.2) is 4.79 Å². The van der Waals surface area contributed by atoms with E-state index in [1.165, 1.54) is 0 Å². The van der Waals surface area contributed by atoms with Crippen LogP contribution in [-0.2, 0) is 4.74 Å². The second-order valence-corrected chi connectivity index (χ2v) is 5.40. The van der Waals surface area contributed by atoms with Gasteiger partial charge < -0.3 is 23.9 Å². The van der Waals surface area contributed by atoms with E-state index in [4.69, 9.17) is 18.6 Å². The van der Waals surface area contributed by atoms with E-state index in [-0.39, 0.29) is 18.5 Å². The third-order valence-corrected chi connectivity index (χ3v) is 3.69. The molecule has 0 unspecified atom stereocenters. The van der Waals surface area contributed by atoms with Gasteiger partial charge in [-0.2, -0.15) is 0 Å². The van der Waals surface area contributed by atoms with Crippen LogP contribution in [0.25, 0.3) is 11.5 Å². The zero-order valence-electron chi connectivity index (χ0n) is 15.2. The molecule has 8 heteroatoms. The number of nitrogens with one attached hydrogen (secondary N) is 1. The average molecular weight is 369 g/mol. The van der Waals surface area contributed by atoms with Gasteiger partial charge in [-0.15, -0.1) is 5.10 Å². The molecule has 0 spiro atoms. The van der Waals surface area contributed by atoms with Crippen molar-refractivity contribution >= 4 is 17.7 Å². The van der Waals surface area contributed by atoms with E-state index in [0.29, 0.717) is 28.3 Å². The van der Waals surface area contributed by atoms with Crippen LogP contribution in [-0.4, -0.2) is 37.0 Å². The maximum atomic E-state index is 12.1. The van der Waals surface area contributed by atoms with Crippen LogP contribution in [0, 0.1) is 0 Å². The van der Waals surface area contributed by atoms with Crippen molar-refractivity contribution in [2.24, 2.45) is 0 Å². The maximum absolute atomic E-state index is 12.1. The van der Waals surface area contributed by atoms with E-state index < -0.39 is 5.97 Å². The van der Waals surface area contributed by atoms with Gasteiger partial charge >= 0.3 is 12.0 Å². The van der Waals surface area contributed by atoms with E-state index in [1.54, 1.807) is 63.6 Å². The molecule has 2 aromatic carbocycles. The molecule has 27 heavy (non-hydrogen) atoms. The first kappa shape index (κ1) is 18.2. The first-order chi connectivity index (χ1) is 13.1. The lowest BCUT2D eigenvalue weighted by Crippen LogP contribution is -2.07. The number of para-hydroxylation sites is 1. The highest BCUT2D eigenvalue weighted by Gasteiger charge is 2.16. The lowest BCUT2D eigenvalue weighted by atomic mass is 10.2. The molecule has 8 nitrogen and oxygen atoms in total. The smallest absolute Gasteiger partial charge is 0.340 e. The molecule has 3 rings (SSSR count). The summed E-state index contributed by atoms with van der Waals surface area (Å²) >= 11 is 0. The van der Waals surface area contributed by atoms with Crippen molar-refractivity contribution in [3.05, 3.63) is 48.0 Å². The number of carbonyl (C=O) groups is 1. The second-order valence-electron chi connectivity index (χ2n) is 5.40. The molecule has 0 aliphatic rings. The van der Waals surface area contributed by atoms with Crippen LogP contribution in [0.15, 0.2) is 46.9 Å². The second kappa shape index (κ2) is 8.22. The van der Waals surface area contributed by atoms with Crippen LogP contribution < -0.4 is 14.8 Å². The molecule has 0 saturated carbocycles. The van der Waals surface area contributed by atoms with Crippen molar-refractivity contribution in [1.29, 1.82) is 0 Å². The number of hydrogen-bond donors (Lipinski definition) is 1. The first-order valence-electron chi connectivity index (χ1n) is 8.24. The number of carbonyl (C=O) groups excluding carboxylic acids is 1. The molecular formula is C19H19N3O5. The minimum Gasteiger partial charge on any atom is -0.497 e. The lowest BCUT2D eigenvalue weighted by Gasteiger charge is -2.08. The monoisotopic (exact) mass is 369 g/mol. The van der Waals surface area contributed by atoms with Crippen molar-refractivity contribution < 1.29 is 23.4 Å². The van der Waals surface area contributed by atoms with Crippen LogP contribution in [0.2, 0.25) is 0 Å². The van der Waals surface area contributed by atoms with Gasteiger partial charge in [0.05, 0.1) is 32.1 Å². The SMILES string of the molecule is CCOC(=O)c1ccccc1Nc1nnc(-c2cc(OC)cc(OC)c2)o1. The molecule has 140 valence electrons. The van der Waals surface area contributed by atoms with Crippen molar-refractivity contribution in [2.45, 2.75) is 6.92 Å². The average Bonchev–Trinajstić information content (AvgIpc) is 3.16. The molecule has 0 aliphatic carbocycles. The molecule has 0 aliphatic heterocycles. The van der Waals surface area contributed by atoms with Gasteiger partial charge in [-0.05, 0) is 31.2 Å². The van der Waals surface area contributed by atoms with E-state index in [1.807, 2.05) is 0 Å². The van der Waals surface area contributed by atoms with E-state index in [0.717, 1.165) is 0 Å². The van der Waals surface area contributed by atoms with Gasteiger partial charge in [0, 0.05) is 11.6 Å². The zero-order valence-corrected chi connectivity index (χ0v) is 15.2.